The predicted octanol–water partition coefficient (Wildman–Crippen LogP) is 1.58. The van der Waals surface area contributed by atoms with Crippen LogP contribution in [0.2, 0.25) is 0 Å². The Bertz CT molecular complexity index is 453. The van der Waals surface area contributed by atoms with E-state index in [0.717, 1.165) is 16.1 Å². The lowest BCUT2D eigenvalue weighted by Gasteiger charge is -2.02. The molecule has 0 unspecified atom stereocenters. The average molecular weight is 268 g/mol. The van der Waals surface area contributed by atoms with Gasteiger partial charge in [-0.25, -0.2) is 4.98 Å². The summed E-state index contributed by atoms with van der Waals surface area (Å²) in [5.74, 6) is 0.815. The maximum atomic E-state index is 4.25. The highest BCUT2D eigenvalue weighted by atomic mass is 79.9. The number of anilines is 1. The van der Waals surface area contributed by atoms with Crippen molar-refractivity contribution in [1.82, 2.24) is 20.0 Å². The molecule has 6 heteroatoms. The van der Waals surface area contributed by atoms with Crippen molar-refractivity contribution in [3.8, 4) is 0 Å². The van der Waals surface area contributed by atoms with E-state index < -0.39 is 0 Å². The fourth-order valence-electron chi connectivity index (χ4n) is 1.16. The van der Waals surface area contributed by atoms with Crippen LogP contribution in [0.4, 0.5) is 5.82 Å². The van der Waals surface area contributed by atoms with E-state index >= 15 is 0 Å². The van der Waals surface area contributed by atoms with Gasteiger partial charge < -0.3 is 5.32 Å². The molecule has 2 rings (SSSR count). The van der Waals surface area contributed by atoms with Crippen LogP contribution in [-0.4, -0.2) is 20.0 Å². The summed E-state index contributed by atoms with van der Waals surface area (Å²) >= 11 is 3.31. The van der Waals surface area contributed by atoms with Crippen molar-refractivity contribution >= 4 is 21.7 Å². The van der Waals surface area contributed by atoms with Gasteiger partial charge in [0.05, 0.1) is 6.54 Å². The van der Waals surface area contributed by atoms with E-state index in [1.54, 1.807) is 4.68 Å². The van der Waals surface area contributed by atoms with Crippen LogP contribution in [0.15, 0.2) is 29.0 Å². The average Bonchev–Trinajstić information content (AvgIpc) is 2.62. The topological polar surface area (TPSA) is 55.6 Å². The van der Waals surface area contributed by atoms with Crippen LogP contribution in [0.25, 0.3) is 0 Å². The molecule has 78 valence electrons. The molecule has 0 saturated heterocycles. The Morgan fingerprint density at radius 3 is 3.00 bits per heavy atom. The van der Waals surface area contributed by atoms with Gasteiger partial charge in [-0.3, -0.25) is 4.68 Å². The molecule has 0 radical (unpaired) electrons. The van der Waals surface area contributed by atoms with Crippen molar-refractivity contribution in [3.05, 3.63) is 34.7 Å². The largest absolute Gasteiger partial charge is 0.364 e. The molecule has 0 saturated carbocycles. The molecule has 0 aliphatic heterocycles. The Morgan fingerprint density at radius 2 is 2.33 bits per heavy atom. The van der Waals surface area contributed by atoms with Gasteiger partial charge in [-0.2, -0.15) is 0 Å². The highest BCUT2D eigenvalue weighted by Gasteiger charge is 1.99. The fraction of sp³-hybridized carbons (Fsp3) is 0.222. The number of hydrogen-bond donors (Lipinski definition) is 1. The second kappa shape index (κ2) is 4.39. The number of nitrogens with one attached hydrogen (secondary N) is 1. The molecule has 15 heavy (non-hydrogen) atoms. The summed E-state index contributed by atoms with van der Waals surface area (Å²) in [4.78, 5) is 4.25. The summed E-state index contributed by atoms with van der Waals surface area (Å²) in [6, 6.07) is 5.71. The first-order valence-corrected chi connectivity index (χ1v) is 5.25. The van der Waals surface area contributed by atoms with Gasteiger partial charge in [-0.05, 0) is 28.1 Å². The van der Waals surface area contributed by atoms with Gasteiger partial charge >= 0.3 is 0 Å². The van der Waals surface area contributed by atoms with Crippen LogP contribution in [0.1, 0.15) is 5.69 Å². The van der Waals surface area contributed by atoms with Gasteiger partial charge in [0.2, 0.25) is 0 Å². The third kappa shape index (κ3) is 2.76. The molecule has 0 spiro atoms. The molecule has 0 bridgehead atoms. The van der Waals surface area contributed by atoms with Crippen LogP contribution in [0, 0.1) is 0 Å². The number of halogens is 1. The van der Waals surface area contributed by atoms with E-state index in [0.29, 0.717) is 6.54 Å². The number of hydrogen-bond acceptors (Lipinski definition) is 4. The molecule has 0 fully saturated rings. The maximum absolute atomic E-state index is 4.25. The fourth-order valence-corrected chi connectivity index (χ4v) is 1.51. The maximum Gasteiger partial charge on any atom is 0.127 e. The number of rotatable bonds is 3. The highest BCUT2D eigenvalue weighted by molar-refractivity contribution is 9.10. The Balaban J connectivity index is 1.99. The molecule has 0 amide bonds. The lowest BCUT2D eigenvalue weighted by Crippen LogP contribution is -2.01. The van der Waals surface area contributed by atoms with Crippen LogP contribution in [0.5, 0.6) is 0 Å². The Hall–Kier alpha value is -1.43. The van der Waals surface area contributed by atoms with E-state index in [9.17, 15) is 0 Å². The first-order valence-electron chi connectivity index (χ1n) is 4.46. The van der Waals surface area contributed by atoms with E-state index in [4.69, 9.17) is 0 Å². The third-order valence-electron chi connectivity index (χ3n) is 1.82. The quantitative estimate of drug-likeness (QED) is 0.859. The van der Waals surface area contributed by atoms with Crippen molar-refractivity contribution in [1.29, 1.82) is 0 Å². The van der Waals surface area contributed by atoms with Gasteiger partial charge in [0, 0.05) is 13.2 Å². The normalized spacial score (nSPS) is 10.3. The summed E-state index contributed by atoms with van der Waals surface area (Å²) in [5.41, 5.74) is 0.888. The molecular weight excluding hydrogens is 258 g/mol. The van der Waals surface area contributed by atoms with Crippen molar-refractivity contribution in [2.75, 3.05) is 5.32 Å². The molecule has 0 aliphatic rings. The lowest BCUT2D eigenvalue weighted by atomic mass is 10.4. The summed E-state index contributed by atoms with van der Waals surface area (Å²) in [6.45, 7) is 0.622. The zero-order chi connectivity index (χ0) is 10.7. The Labute approximate surface area is 95.7 Å². The third-order valence-corrected chi connectivity index (χ3v) is 2.26. The molecule has 5 nitrogen and oxygen atoms in total. The van der Waals surface area contributed by atoms with Crippen LogP contribution in [-0.2, 0) is 13.6 Å². The molecule has 0 atom stereocenters. The number of aryl methyl sites for hydroxylation is 1. The molecular formula is C9H10BrN5. The monoisotopic (exact) mass is 267 g/mol. The standard InChI is InChI=1S/C9H10BrN5/c1-15-6-7(13-14-15)5-11-9-4-2-3-8(10)12-9/h2-4,6H,5H2,1H3,(H,11,12). The molecule has 2 aromatic rings. The smallest absolute Gasteiger partial charge is 0.127 e. The second-order valence-corrected chi connectivity index (χ2v) is 3.90. The van der Waals surface area contributed by atoms with Crippen LogP contribution < -0.4 is 5.32 Å². The van der Waals surface area contributed by atoms with E-state index in [1.807, 2.05) is 31.4 Å². The van der Waals surface area contributed by atoms with Gasteiger partial charge in [0.15, 0.2) is 0 Å². The number of nitrogens with zero attached hydrogens (tertiary/aromatic N) is 4. The molecule has 1 N–H and O–H groups in total. The van der Waals surface area contributed by atoms with Crippen molar-refractivity contribution in [2.24, 2.45) is 7.05 Å². The number of aromatic nitrogens is 4. The summed E-state index contributed by atoms with van der Waals surface area (Å²) in [7, 11) is 1.84. The molecule has 0 aromatic carbocycles. The van der Waals surface area contributed by atoms with Crippen LogP contribution >= 0.6 is 15.9 Å². The molecule has 2 heterocycles. The van der Waals surface area contributed by atoms with E-state index in [2.05, 4.69) is 36.5 Å². The first-order chi connectivity index (χ1) is 7.24. The Morgan fingerprint density at radius 1 is 1.47 bits per heavy atom. The summed E-state index contributed by atoms with van der Waals surface area (Å²) in [5, 5.41) is 11.0. The van der Waals surface area contributed by atoms with Gasteiger partial charge in [0.25, 0.3) is 0 Å². The van der Waals surface area contributed by atoms with Gasteiger partial charge in [-0.15, -0.1) is 5.10 Å². The van der Waals surface area contributed by atoms with E-state index in [-0.39, 0.29) is 0 Å². The lowest BCUT2D eigenvalue weighted by molar-refractivity contribution is 0.713. The summed E-state index contributed by atoms with van der Waals surface area (Å²) < 4.78 is 2.48. The van der Waals surface area contributed by atoms with Gasteiger partial charge in [0.1, 0.15) is 16.1 Å². The van der Waals surface area contributed by atoms with Crippen LogP contribution in [0.3, 0.4) is 0 Å². The highest BCUT2D eigenvalue weighted by Crippen LogP contribution is 2.10. The van der Waals surface area contributed by atoms with Crippen molar-refractivity contribution in [2.45, 2.75) is 6.54 Å². The molecule has 0 aliphatic carbocycles. The van der Waals surface area contributed by atoms with E-state index in [1.165, 1.54) is 0 Å². The summed E-state index contributed by atoms with van der Waals surface area (Å²) in [6.07, 6.45) is 1.87. The first kappa shape index (κ1) is 10.1. The number of pyridine rings is 1. The zero-order valence-electron chi connectivity index (χ0n) is 8.18. The second-order valence-electron chi connectivity index (χ2n) is 3.08. The predicted molar refractivity (Wildman–Crippen MR) is 60.3 cm³/mol. The minimum Gasteiger partial charge on any atom is -0.364 e. The Kier molecular flexibility index (Phi) is 2.96. The van der Waals surface area contributed by atoms with Crippen molar-refractivity contribution in [3.63, 3.8) is 0 Å². The van der Waals surface area contributed by atoms with Crippen molar-refractivity contribution < 1.29 is 0 Å². The zero-order valence-corrected chi connectivity index (χ0v) is 9.77. The minimum absolute atomic E-state index is 0.622. The minimum atomic E-state index is 0.622. The van der Waals surface area contributed by atoms with Gasteiger partial charge in [-0.1, -0.05) is 11.3 Å². The SMILES string of the molecule is Cn1cc(CNc2cccc(Br)n2)nn1. The molecule has 2 aromatic heterocycles.